The molecule has 1 N–H and O–H groups in total. The summed E-state index contributed by atoms with van der Waals surface area (Å²) in [6.45, 7) is 0.980. The minimum atomic E-state index is -0.472. The van der Waals surface area contributed by atoms with Crippen molar-refractivity contribution in [1.29, 1.82) is 0 Å². The van der Waals surface area contributed by atoms with E-state index in [4.69, 9.17) is 26.2 Å². The van der Waals surface area contributed by atoms with Crippen LogP contribution in [0.2, 0.25) is 5.02 Å². The van der Waals surface area contributed by atoms with Gasteiger partial charge in [0.25, 0.3) is 0 Å². The van der Waals surface area contributed by atoms with E-state index in [0.29, 0.717) is 19.0 Å². The number of hydrogen-bond donors (Lipinski definition) is 1. The summed E-state index contributed by atoms with van der Waals surface area (Å²) in [5.41, 5.74) is 0. The van der Waals surface area contributed by atoms with Gasteiger partial charge in [-0.1, -0.05) is 11.6 Å². The van der Waals surface area contributed by atoms with Gasteiger partial charge in [-0.15, -0.1) is 0 Å². The van der Waals surface area contributed by atoms with Crippen LogP contribution >= 0.6 is 11.6 Å². The Balaban J connectivity index is 2.28. The molecule has 15 heavy (non-hydrogen) atoms. The number of rotatable bonds is 6. The number of ether oxygens (including phenoxy) is 2. The Morgan fingerprint density at radius 3 is 2.73 bits per heavy atom. The van der Waals surface area contributed by atoms with Gasteiger partial charge in [0.2, 0.25) is 0 Å². The van der Waals surface area contributed by atoms with Gasteiger partial charge in [0.05, 0.1) is 24.8 Å². The van der Waals surface area contributed by atoms with Gasteiger partial charge in [-0.3, -0.25) is 0 Å². The first-order chi connectivity index (χ1) is 7.24. The van der Waals surface area contributed by atoms with Gasteiger partial charge in [-0.2, -0.15) is 0 Å². The Morgan fingerprint density at radius 2 is 2.07 bits per heavy atom. The Labute approximate surface area is 92.4 Å². The van der Waals surface area contributed by atoms with Crippen molar-refractivity contribution in [2.24, 2.45) is 0 Å². The van der Waals surface area contributed by atoms with Crippen molar-refractivity contribution >= 4 is 11.6 Å². The van der Waals surface area contributed by atoms with Crippen LogP contribution in [0.25, 0.3) is 0 Å². The fourth-order valence-corrected chi connectivity index (χ4v) is 1.12. The highest BCUT2D eigenvalue weighted by Crippen LogP contribution is 2.20. The average molecular weight is 235 g/mol. The summed E-state index contributed by atoms with van der Waals surface area (Å²) in [7, 11) is 0. The van der Waals surface area contributed by atoms with Crippen molar-refractivity contribution in [2.75, 3.05) is 26.4 Å². The molecule has 1 aromatic rings. The lowest BCUT2D eigenvalue weighted by Crippen LogP contribution is -2.09. The van der Waals surface area contributed by atoms with Crippen LogP contribution in [0.1, 0.15) is 0 Å². The highest BCUT2D eigenvalue weighted by atomic mass is 35.5. The predicted octanol–water partition coefficient (Wildman–Crippen LogP) is 1.87. The van der Waals surface area contributed by atoms with Crippen molar-refractivity contribution in [3.8, 4) is 5.75 Å². The van der Waals surface area contributed by atoms with E-state index in [1.54, 1.807) is 0 Å². The summed E-state index contributed by atoms with van der Waals surface area (Å²) in [6, 6.07) is 4.14. The van der Waals surface area contributed by atoms with E-state index in [0.717, 1.165) is 0 Å². The molecule has 0 spiro atoms. The van der Waals surface area contributed by atoms with E-state index in [9.17, 15) is 4.39 Å². The Hall–Kier alpha value is -0.840. The van der Waals surface area contributed by atoms with E-state index >= 15 is 0 Å². The van der Waals surface area contributed by atoms with E-state index in [1.165, 1.54) is 18.2 Å². The second-order valence-electron chi connectivity index (χ2n) is 2.76. The highest BCUT2D eigenvalue weighted by Gasteiger charge is 2.01. The van der Waals surface area contributed by atoms with E-state index in [-0.39, 0.29) is 18.2 Å². The van der Waals surface area contributed by atoms with E-state index in [2.05, 4.69) is 0 Å². The molecule has 0 saturated heterocycles. The van der Waals surface area contributed by atoms with Gasteiger partial charge in [0.15, 0.2) is 0 Å². The third-order valence-corrected chi connectivity index (χ3v) is 1.91. The first-order valence-electron chi connectivity index (χ1n) is 4.50. The van der Waals surface area contributed by atoms with Crippen LogP contribution in [0.3, 0.4) is 0 Å². The van der Waals surface area contributed by atoms with Crippen LogP contribution in [0, 0.1) is 5.82 Å². The molecule has 0 radical (unpaired) electrons. The Morgan fingerprint density at radius 1 is 1.27 bits per heavy atom. The molecular formula is C10H12ClFO3. The molecule has 0 fully saturated rings. The molecule has 3 nitrogen and oxygen atoms in total. The molecule has 1 aromatic carbocycles. The quantitative estimate of drug-likeness (QED) is 0.764. The largest absolute Gasteiger partial charge is 0.491 e. The van der Waals surface area contributed by atoms with Crippen LogP contribution in [0.5, 0.6) is 5.75 Å². The summed E-state index contributed by atoms with van der Waals surface area (Å²) in [5.74, 6) is 0.0227. The molecule has 0 heterocycles. The average Bonchev–Trinajstić information content (AvgIpc) is 2.23. The predicted molar refractivity (Wildman–Crippen MR) is 54.8 cm³/mol. The molecule has 0 atom stereocenters. The summed E-state index contributed by atoms with van der Waals surface area (Å²) >= 11 is 5.56. The number of aliphatic hydroxyl groups is 1. The second kappa shape index (κ2) is 6.61. The van der Waals surface area contributed by atoms with Gasteiger partial charge in [-0.05, 0) is 12.1 Å². The molecule has 0 unspecified atom stereocenters. The third-order valence-electron chi connectivity index (χ3n) is 1.62. The van der Waals surface area contributed by atoms with Crippen LogP contribution < -0.4 is 4.74 Å². The van der Waals surface area contributed by atoms with Crippen molar-refractivity contribution in [3.63, 3.8) is 0 Å². The molecule has 0 aliphatic heterocycles. The molecule has 0 bridgehead atoms. The van der Waals surface area contributed by atoms with Gasteiger partial charge in [0, 0.05) is 6.07 Å². The molecule has 0 amide bonds. The fraction of sp³-hybridized carbons (Fsp3) is 0.400. The first-order valence-corrected chi connectivity index (χ1v) is 4.88. The second-order valence-corrected chi connectivity index (χ2v) is 3.17. The number of benzene rings is 1. The first kappa shape index (κ1) is 12.2. The molecule has 84 valence electrons. The van der Waals surface area contributed by atoms with Crippen molar-refractivity contribution in [3.05, 3.63) is 29.0 Å². The van der Waals surface area contributed by atoms with Gasteiger partial charge in [-0.25, -0.2) is 4.39 Å². The third kappa shape index (κ3) is 4.46. The molecular weight excluding hydrogens is 223 g/mol. The van der Waals surface area contributed by atoms with Crippen LogP contribution in [0.4, 0.5) is 4.39 Å². The topological polar surface area (TPSA) is 38.7 Å². The zero-order valence-electron chi connectivity index (χ0n) is 8.08. The zero-order chi connectivity index (χ0) is 11.1. The summed E-state index contributed by atoms with van der Waals surface area (Å²) < 4.78 is 23.0. The van der Waals surface area contributed by atoms with Crippen molar-refractivity contribution < 1.29 is 19.0 Å². The Bertz CT molecular complexity index is 307. The summed E-state index contributed by atoms with van der Waals surface area (Å²) in [5, 5.41) is 8.46. The summed E-state index contributed by atoms with van der Waals surface area (Å²) in [4.78, 5) is 0. The van der Waals surface area contributed by atoms with Gasteiger partial charge in [0.1, 0.15) is 18.2 Å². The maximum Gasteiger partial charge on any atom is 0.142 e. The number of halogens is 2. The lowest BCUT2D eigenvalue weighted by Gasteiger charge is -2.06. The molecule has 0 saturated carbocycles. The zero-order valence-corrected chi connectivity index (χ0v) is 8.84. The molecule has 1 rings (SSSR count). The normalized spacial score (nSPS) is 10.3. The molecule has 0 aliphatic rings. The standard InChI is InChI=1S/C10H12ClFO3/c11-9-7-8(1-2-10(9)12)15-6-5-14-4-3-13/h1-2,7,13H,3-6H2. The lowest BCUT2D eigenvalue weighted by atomic mass is 10.3. The fourth-order valence-electron chi connectivity index (χ4n) is 0.952. The van der Waals surface area contributed by atoms with Crippen molar-refractivity contribution in [2.45, 2.75) is 0 Å². The van der Waals surface area contributed by atoms with E-state index in [1.807, 2.05) is 0 Å². The number of aliphatic hydroxyl groups excluding tert-OH is 1. The molecule has 0 aliphatic carbocycles. The van der Waals surface area contributed by atoms with Gasteiger partial charge < -0.3 is 14.6 Å². The van der Waals surface area contributed by atoms with Crippen molar-refractivity contribution in [1.82, 2.24) is 0 Å². The minimum Gasteiger partial charge on any atom is -0.491 e. The monoisotopic (exact) mass is 234 g/mol. The van der Waals surface area contributed by atoms with Crippen LogP contribution in [-0.2, 0) is 4.74 Å². The minimum absolute atomic E-state index is 0.0115. The Kier molecular flexibility index (Phi) is 5.39. The van der Waals surface area contributed by atoms with E-state index < -0.39 is 5.82 Å². The molecule has 0 aromatic heterocycles. The van der Waals surface area contributed by atoms with Gasteiger partial charge >= 0.3 is 0 Å². The van der Waals surface area contributed by atoms with Crippen LogP contribution in [-0.4, -0.2) is 31.5 Å². The molecule has 5 heteroatoms. The smallest absolute Gasteiger partial charge is 0.142 e. The van der Waals surface area contributed by atoms with Crippen LogP contribution in [0.15, 0.2) is 18.2 Å². The maximum absolute atomic E-state index is 12.7. The lowest BCUT2D eigenvalue weighted by molar-refractivity contribution is 0.0705. The highest BCUT2D eigenvalue weighted by molar-refractivity contribution is 6.30. The number of hydrogen-bond acceptors (Lipinski definition) is 3. The SMILES string of the molecule is OCCOCCOc1ccc(F)c(Cl)c1. The maximum atomic E-state index is 12.7. The summed E-state index contributed by atoms with van der Waals surface area (Å²) in [6.07, 6.45) is 0.